The van der Waals surface area contributed by atoms with E-state index in [1.54, 1.807) is 0 Å². The van der Waals surface area contributed by atoms with Gasteiger partial charge in [-0.05, 0) is 12.8 Å². The topological polar surface area (TPSA) is 41.5 Å². The van der Waals surface area contributed by atoms with Crippen molar-refractivity contribution >= 4 is 11.7 Å². The molecule has 1 heterocycles. The Labute approximate surface area is 263 Å². The largest absolute Gasteiger partial charge is 0.350 e. The number of amides is 1. The smallest absolute Gasteiger partial charge is 0.220 e. The maximum Gasteiger partial charge on any atom is 0.220 e. The van der Waals surface area contributed by atoms with Crippen LogP contribution in [-0.2, 0) is 4.79 Å². The van der Waals surface area contributed by atoms with Crippen LogP contribution >= 0.6 is 0 Å². The molecule has 1 unspecified atom stereocenters. The van der Waals surface area contributed by atoms with Crippen LogP contribution in [0, 0.1) is 0 Å². The molecule has 0 aromatic carbocycles. The van der Waals surface area contributed by atoms with Crippen molar-refractivity contribution in [3.8, 4) is 0 Å². The van der Waals surface area contributed by atoms with E-state index in [0.29, 0.717) is 6.42 Å². The molecule has 0 saturated heterocycles. The molecular formula is C38H74N3O+. The number of aliphatic imine (C=N–C) groups is 1. The van der Waals surface area contributed by atoms with Crippen molar-refractivity contribution in [3.63, 3.8) is 0 Å². The van der Waals surface area contributed by atoms with Gasteiger partial charge < -0.3 is 5.32 Å². The predicted octanol–water partition coefficient (Wildman–Crippen LogP) is 11.8. The van der Waals surface area contributed by atoms with E-state index in [9.17, 15) is 4.79 Å². The molecule has 1 aliphatic rings. The normalized spacial score (nSPS) is 16.3. The van der Waals surface area contributed by atoms with Gasteiger partial charge in [-0.25, -0.2) is 4.99 Å². The molecule has 1 N–H and O–H groups in total. The number of unbranched alkanes of at least 4 members (excludes halogenated alkanes) is 25. The Kier molecular flexibility index (Phi) is 26.5. The van der Waals surface area contributed by atoms with Crippen LogP contribution in [0.15, 0.2) is 17.4 Å². The van der Waals surface area contributed by atoms with E-state index in [4.69, 9.17) is 4.99 Å². The molecule has 1 atom stereocenters. The molecule has 0 bridgehead atoms. The van der Waals surface area contributed by atoms with Crippen LogP contribution in [0.3, 0.4) is 0 Å². The molecule has 1 amide bonds. The highest BCUT2D eigenvalue weighted by Crippen LogP contribution is 2.19. The van der Waals surface area contributed by atoms with Crippen molar-refractivity contribution in [2.75, 3.05) is 20.1 Å². The van der Waals surface area contributed by atoms with Gasteiger partial charge in [0.25, 0.3) is 0 Å². The van der Waals surface area contributed by atoms with Gasteiger partial charge >= 0.3 is 0 Å². The fraction of sp³-hybridized carbons (Fsp3) is 0.895. The molecule has 1 aliphatic heterocycles. The number of nitrogens with one attached hydrogen (secondary N) is 1. The Bertz CT molecular complexity index is 673. The molecule has 0 spiro atoms. The average molecular weight is 589 g/mol. The lowest BCUT2D eigenvalue weighted by Gasteiger charge is -2.27. The highest BCUT2D eigenvalue weighted by molar-refractivity contribution is 5.78. The van der Waals surface area contributed by atoms with Crippen LogP contribution in [0.2, 0.25) is 0 Å². The number of nitrogens with zero attached hydrogens (tertiary/aromatic N) is 2. The van der Waals surface area contributed by atoms with Gasteiger partial charge in [0.2, 0.25) is 11.7 Å². The summed E-state index contributed by atoms with van der Waals surface area (Å²) >= 11 is 0. The number of likely N-dealkylation sites (N-methyl/N-ethyl adjacent to an activating group) is 1. The second-order valence-electron chi connectivity index (χ2n) is 13.5. The molecule has 0 aromatic rings. The standard InChI is InChI=1S/C38H73N3O/c1-4-6-8-10-12-14-16-18-20-21-23-25-27-29-31-37-39-33-35-41(37,3)36-34-40-38(42)32-30-28-26-24-22-19-17-15-13-11-9-7-5-2/h33,35H,4-32,34,36H2,1-3H3/p+1. The monoisotopic (exact) mass is 589 g/mol. The highest BCUT2D eigenvalue weighted by Gasteiger charge is 2.29. The first kappa shape index (κ1) is 38.9. The summed E-state index contributed by atoms with van der Waals surface area (Å²) in [4.78, 5) is 17.1. The second-order valence-corrected chi connectivity index (χ2v) is 13.5. The Morgan fingerprint density at radius 3 is 1.40 bits per heavy atom. The molecule has 246 valence electrons. The molecule has 0 aromatic heterocycles. The number of carbonyl (C=O) groups excluding carboxylic acids is 1. The number of rotatable bonds is 32. The van der Waals surface area contributed by atoms with Crippen molar-refractivity contribution in [1.29, 1.82) is 0 Å². The molecule has 0 aliphatic carbocycles. The third kappa shape index (κ3) is 22.4. The number of amidine groups is 1. The van der Waals surface area contributed by atoms with E-state index in [2.05, 4.69) is 32.4 Å². The van der Waals surface area contributed by atoms with Crippen molar-refractivity contribution in [3.05, 3.63) is 12.4 Å². The lowest BCUT2D eigenvalue weighted by molar-refractivity contribution is -0.763. The summed E-state index contributed by atoms with van der Waals surface area (Å²) in [6.45, 7) is 6.21. The van der Waals surface area contributed by atoms with E-state index < -0.39 is 0 Å². The third-order valence-electron chi connectivity index (χ3n) is 9.37. The summed E-state index contributed by atoms with van der Waals surface area (Å²) in [6.07, 6.45) is 42.9. The molecule has 1 rings (SSSR count). The average Bonchev–Trinajstić information content (AvgIpc) is 3.35. The van der Waals surface area contributed by atoms with Crippen molar-refractivity contribution in [1.82, 2.24) is 5.32 Å². The zero-order valence-electron chi connectivity index (χ0n) is 28.9. The molecule has 0 fully saturated rings. The van der Waals surface area contributed by atoms with Crippen LogP contribution in [0.1, 0.15) is 200 Å². The maximum absolute atomic E-state index is 12.4. The summed E-state index contributed by atoms with van der Waals surface area (Å²) in [6, 6.07) is 0. The zero-order valence-corrected chi connectivity index (χ0v) is 28.9. The summed E-state index contributed by atoms with van der Waals surface area (Å²) in [7, 11) is 2.24. The quantitative estimate of drug-likeness (QED) is 0.0616. The number of carbonyl (C=O) groups is 1. The first-order valence-electron chi connectivity index (χ1n) is 19.0. The van der Waals surface area contributed by atoms with Crippen LogP contribution < -0.4 is 5.32 Å². The first-order valence-corrected chi connectivity index (χ1v) is 19.0. The van der Waals surface area contributed by atoms with Crippen LogP contribution in [0.5, 0.6) is 0 Å². The molecule has 42 heavy (non-hydrogen) atoms. The van der Waals surface area contributed by atoms with E-state index in [1.807, 2.05) is 6.20 Å². The minimum absolute atomic E-state index is 0.221. The Balaban J connectivity index is 1.93. The summed E-state index contributed by atoms with van der Waals surface area (Å²) in [5.41, 5.74) is 0. The van der Waals surface area contributed by atoms with Gasteiger partial charge in [0.1, 0.15) is 12.7 Å². The molecule has 0 saturated carbocycles. The van der Waals surface area contributed by atoms with Crippen LogP contribution in [-0.4, -0.2) is 36.4 Å². The lowest BCUT2D eigenvalue weighted by atomic mass is 10.0. The highest BCUT2D eigenvalue weighted by atomic mass is 16.1. The minimum Gasteiger partial charge on any atom is -0.350 e. The van der Waals surface area contributed by atoms with Gasteiger partial charge in [-0.3, -0.25) is 9.28 Å². The van der Waals surface area contributed by atoms with Crippen molar-refractivity contribution in [2.45, 2.75) is 200 Å². The van der Waals surface area contributed by atoms with Crippen LogP contribution in [0.4, 0.5) is 0 Å². The Morgan fingerprint density at radius 2 is 0.976 bits per heavy atom. The molecule has 4 heteroatoms. The van der Waals surface area contributed by atoms with E-state index in [1.165, 1.54) is 173 Å². The van der Waals surface area contributed by atoms with Gasteiger partial charge in [-0.1, -0.05) is 174 Å². The molecular weight excluding hydrogens is 514 g/mol. The van der Waals surface area contributed by atoms with Crippen molar-refractivity contribution in [2.24, 2.45) is 4.99 Å². The van der Waals surface area contributed by atoms with E-state index >= 15 is 0 Å². The minimum atomic E-state index is 0.221. The van der Waals surface area contributed by atoms with E-state index in [0.717, 1.165) is 30.4 Å². The van der Waals surface area contributed by atoms with Gasteiger partial charge in [0.05, 0.1) is 19.8 Å². The first-order chi connectivity index (χ1) is 20.6. The van der Waals surface area contributed by atoms with Crippen molar-refractivity contribution < 1.29 is 9.28 Å². The van der Waals surface area contributed by atoms with Gasteiger partial charge in [0.15, 0.2) is 0 Å². The SMILES string of the molecule is CCCCCCCCCCCCCCCCC1=NC=C[N+]1(C)CCNC(=O)CCCCCCCCCCCCCCC. The van der Waals surface area contributed by atoms with Gasteiger partial charge in [0, 0.05) is 12.8 Å². The predicted molar refractivity (Wildman–Crippen MR) is 186 cm³/mol. The number of quaternary nitrogens is 1. The fourth-order valence-electron chi connectivity index (χ4n) is 6.30. The van der Waals surface area contributed by atoms with Gasteiger partial charge in [-0.2, -0.15) is 0 Å². The maximum atomic E-state index is 12.4. The summed E-state index contributed by atoms with van der Waals surface area (Å²) < 4.78 is 0.761. The Hall–Kier alpha value is -1.16. The number of hydrogen-bond acceptors (Lipinski definition) is 2. The summed E-state index contributed by atoms with van der Waals surface area (Å²) in [5, 5.41) is 3.18. The molecule has 0 radical (unpaired) electrons. The van der Waals surface area contributed by atoms with Crippen LogP contribution in [0.25, 0.3) is 0 Å². The number of hydrogen-bond donors (Lipinski definition) is 1. The second kappa shape index (κ2) is 28.6. The lowest BCUT2D eigenvalue weighted by Crippen LogP contribution is -2.47. The van der Waals surface area contributed by atoms with Gasteiger partial charge in [-0.15, -0.1) is 0 Å². The Morgan fingerprint density at radius 1 is 0.595 bits per heavy atom. The third-order valence-corrected chi connectivity index (χ3v) is 9.37. The zero-order chi connectivity index (χ0) is 30.4. The summed E-state index contributed by atoms with van der Waals surface area (Å²) in [5.74, 6) is 1.48. The fourth-order valence-corrected chi connectivity index (χ4v) is 6.30. The molecule has 4 nitrogen and oxygen atoms in total. The van der Waals surface area contributed by atoms with E-state index in [-0.39, 0.29) is 5.91 Å².